The average molecular weight is 325 g/mol. The van der Waals surface area contributed by atoms with Crippen LogP contribution < -0.4 is 0 Å². The molecule has 3 heteroatoms. The lowest BCUT2D eigenvalue weighted by Crippen LogP contribution is -1.97. The SMILES string of the molecule is Cc1cc(C)cc(-c2nc(-c3cccc(C)n3)nc3ccccc23)c1. The summed E-state index contributed by atoms with van der Waals surface area (Å²) in [5.74, 6) is 0.663. The van der Waals surface area contributed by atoms with E-state index in [1.54, 1.807) is 0 Å². The summed E-state index contributed by atoms with van der Waals surface area (Å²) in [5, 5.41) is 1.06. The third-order valence-corrected chi connectivity index (χ3v) is 4.22. The van der Waals surface area contributed by atoms with Gasteiger partial charge in [0.25, 0.3) is 0 Å². The van der Waals surface area contributed by atoms with E-state index in [2.05, 4.69) is 43.1 Å². The van der Waals surface area contributed by atoms with Gasteiger partial charge in [0.1, 0.15) is 5.69 Å². The number of hydrogen-bond acceptors (Lipinski definition) is 3. The topological polar surface area (TPSA) is 38.7 Å². The lowest BCUT2D eigenvalue weighted by atomic mass is 10.0. The monoisotopic (exact) mass is 325 g/mol. The molecule has 4 rings (SSSR count). The highest BCUT2D eigenvalue weighted by atomic mass is 14.9. The molecular weight excluding hydrogens is 306 g/mol. The first-order valence-corrected chi connectivity index (χ1v) is 8.40. The summed E-state index contributed by atoms with van der Waals surface area (Å²) in [4.78, 5) is 14.2. The second kappa shape index (κ2) is 6.10. The fourth-order valence-corrected chi connectivity index (χ4v) is 3.19. The Balaban J connectivity index is 2.02. The summed E-state index contributed by atoms with van der Waals surface area (Å²) in [6.45, 7) is 6.21. The molecule has 3 nitrogen and oxygen atoms in total. The van der Waals surface area contributed by atoms with Crippen molar-refractivity contribution in [1.82, 2.24) is 15.0 Å². The van der Waals surface area contributed by atoms with E-state index < -0.39 is 0 Å². The van der Waals surface area contributed by atoms with Gasteiger partial charge in [-0.05, 0) is 51.1 Å². The van der Waals surface area contributed by atoms with Crippen LogP contribution in [0.3, 0.4) is 0 Å². The Morgan fingerprint density at radius 3 is 2.20 bits per heavy atom. The zero-order chi connectivity index (χ0) is 17.4. The van der Waals surface area contributed by atoms with Gasteiger partial charge in [-0.25, -0.2) is 15.0 Å². The summed E-state index contributed by atoms with van der Waals surface area (Å²) in [5.41, 5.74) is 7.23. The number of fused-ring (bicyclic) bond motifs is 1. The first-order valence-electron chi connectivity index (χ1n) is 8.40. The molecule has 25 heavy (non-hydrogen) atoms. The van der Waals surface area contributed by atoms with E-state index >= 15 is 0 Å². The summed E-state index contributed by atoms with van der Waals surface area (Å²) in [6.07, 6.45) is 0. The smallest absolute Gasteiger partial charge is 0.179 e. The molecule has 0 fully saturated rings. The maximum absolute atomic E-state index is 4.89. The van der Waals surface area contributed by atoms with Crippen LogP contribution in [0, 0.1) is 20.8 Å². The van der Waals surface area contributed by atoms with E-state index in [4.69, 9.17) is 9.97 Å². The molecule has 0 bridgehead atoms. The summed E-state index contributed by atoms with van der Waals surface area (Å²) < 4.78 is 0. The Morgan fingerprint density at radius 2 is 1.44 bits per heavy atom. The number of aromatic nitrogens is 3. The van der Waals surface area contributed by atoms with Gasteiger partial charge in [-0.2, -0.15) is 0 Å². The highest BCUT2D eigenvalue weighted by Crippen LogP contribution is 2.29. The normalized spacial score (nSPS) is 11.0. The Bertz CT molecular complexity index is 1060. The van der Waals surface area contributed by atoms with E-state index in [9.17, 15) is 0 Å². The first kappa shape index (κ1) is 15.5. The first-order chi connectivity index (χ1) is 12.1. The van der Waals surface area contributed by atoms with Gasteiger partial charge < -0.3 is 0 Å². The Morgan fingerprint density at radius 1 is 0.680 bits per heavy atom. The minimum atomic E-state index is 0.663. The van der Waals surface area contributed by atoms with Crippen molar-refractivity contribution in [1.29, 1.82) is 0 Å². The van der Waals surface area contributed by atoms with Crippen molar-refractivity contribution < 1.29 is 0 Å². The van der Waals surface area contributed by atoms with Gasteiger partial charge in [-0.1, -0.05) is 41.5 Å². The molecule has 0 N–H and O–H groups in total. The largest absolute Gasteiger partial charge is 0.250 e. The zero-order valence-electron chi connectivity index (χ0n) is 14.6. The van der Waals surface area contributed by atoms with Gasteiger partial charge in [0.2, 0.25) is 0 Å². The van der Waals surface area contributed by atoms with Crippen molar-refractivity contribution in [2.24, 2.45) is 0 Å². The second-order valence-corrected chi connectivity index (χ2v) is 6.45. The lowest BCUT2D eigenvalue weighted by molar-refractivity contribution is 1.14. The van der Waals surface area contributed by atoms with Crippen LogP contribution in [0.5, 0.6) is 0 Å². The number of benzene rings is 2. The molecule has 0 spiro atoms. The number of para-hydroxylation sites is 1. The van der Waals surface area contributed by atoms with Crippen molar-refractivity contribution in [3.63, 3.8) is 0 Å². The van der Waals surface area contributed by atoms with Crippen LogP contribution in [0.1, 0.15) is 16.8 Å². The molecule has 2 aromatic heterocycles. The molecule has 2 heterocycles. The average Bonchev–Trinajstić information content (AvgIpc) is 2.60. The molecule has 2 aromatic carbocycles. The number of rotatable bonds is 2. The molecule has 122 valence electrons. The molecule has 0 aliphatic heterocycles. The number of nitrogens with zero attached hydrogens (tertiary/aromatic N) is 3. The number of hydrogen-bond donors (Lipinski definition) is 0. The molecule has 0 radical (unpaired) electrons. The summed E-state index contributed by atoms with van der Waals surface area (Å²) >= 11 is 0. The van der Waals surface area contributed by atoms with E-state index in [0.717, 1.165) is 33.5 Å². The maximum atomic E-state index is 4.89. The quantitative estimate of drug-likeness (QED) is 0.503. The molecule has 0 amide bonds. The van der Waals surface area contributed by atoms with E-state index in [1.807, 2.05) is 43.3 Å². The van der Waals surface area contributed by atoms with Crippen LogP contribution in [-0.4, -0.2) is 15.0 Å². The maximum Gasteiger partial charge on any atom is 0.179 e. The molecular formula is C22H19N3. The van der Waals surface area contributed by atoms with Crippen LogP contribution in [0.4, 0.5) is 0 Å². The summed E-state index contributed by atoms with van der Waals surface area (Å²) in [7, 11) is 0. The predicted octanol–water partition coefficient (Wildman–Crippen LogP) is 5.28. The van der Waals surface area contributed by atoms with E-state index in [0.29, 0.717) is 5.82 Å². The molecule has 0 aliphatic rings. The second-order valence-electron chi connectivity index (χ2n) is 6.45. The molecule has 0 atom stereocenters. The molecule has 0 saturated carbocycles. The predicted molar refractivity (Wildman–Crippen MR) is 102 cm³/mol. The highest BCUT2D eigenvalue weighted by Gasteiger charge is 2.12. The van der Waals surface area contributed by atoms with Crippen LogP contribution >= 0.6 is 0 Å². The highest BCUT2D eigenvalue weighted by molar-refractivity contribution is 5.93. The number of aryl methyl sites for hydroxylation is 3. The van der Waals surface area contributed by atoms with Crippen molar-refractivity contribution in [2.75, 3.05) is 0 Å². The number of pyridine rings is 1. The third kappa shape index (κ3) is 3.01. The van der Waals surface area contributed by atoms with Crippen LogP contribution in [0.25, 0.3) is 33.7 Å². The third-order valence-electron chi connectivity index (χ3n) is 4.22. The van der Waals surface area contributed by atoms with Gasteiger partial charge in [0.15, 0.2) is 5.82 Å². The molecule has 0 aliphatic carbocycles. The Hall–Kier alpha value is -3.07. The van der Waals surface area contributed by atoms with Crippen molar-refractivity contribution in [2.45, 2.75) is 20.8 Å². The van der Waals surface area contributed by atoms with E-state index in [1.165, 1.54) is 11.1 Å². The van der Waals surface area contributed by atoms with Gasteiger partial charge in [0.05, 0.1) is 11.2 Å². The fourth-order valence-electron chi connectivity index (χ4n) is 3.19. The minimum absolute atomic E-state index is 0.663. The van der Waals surface area contributed by atoms with Gasteiger partial charge in [-0.15, -0.1) is 0 Å². The van der Waals surface area contributed by atoms with Crippen molar-refractivity contribution in [3.05, 3.63) is 77.5 Å². The van der Waals surface area contributed by atoms with E-state index in [-0.39, 0.29) is 0 Å². The van der Waals surface area contributed by atoms with Gasteiger partial charge in [0, 0.05) is 16.6 Å². The lowest BCUT2D eigenvalue weighted by Gasteiger charge is -2.10. The Kier molecular flexibility index (Phi) is 3.77. The van der Waals surface area contributed by atoms with Gasteiger partial charge >= 0.3 is 0 Å². The molecule has 0 unspecified atom stereocenters. The molecule has 0 saturated heterocycles. The van der Waals surface area contributed by atoms with Crippen LogP contribution in [-0.2, 0) is 0 Å². The zero-order valence-corrected chi connectivity index (χ0v) is 14.6. The molecule has 4 aromatic rings. The van der Waals surface area contributed by atoms with Crippen LogP contribution in [0.2, 0.25) is 0 Å². The fraction of sp³-hybridized carbons (Fsp3) is 0.136. The van der Waals surface area contributed by atoms with Crippen LogP contribution in [0.15, 0.2) is 60.7 Å². The van der Waals surface area contributed by atoms with Gasteiger partial charge in [-0.3, -0.25) is 0 Å². The standard InChI is InChI=1S/C22H19N3/c1-14-11-15(2)13-17(12-14)21-18-8-4-5-9-19(18)24-22(25-21)20-10-6-7-16(3)23-20/h4-13H,1-3H3. The minimum Gasteiger partial charge on any atom is -0.250 e. The summed E-state index contributed by atoms with van der Waals surface area (Å²) in [6, 6.07) is 20.6. The van der Waals surface area contributed by atoms with Crippen molar-refractivity contribution >= 4 is 10.9 Å². The Labute approximate surface area is 147 Å². The van der Waals surface area contributed by atoms with Crippen molar-refractivity contribution in [3.8, 4) is 22.8 Å².